The van der Waals surface area contributed by atoms with Gasteiger partial charge < -0.3 is 15.5 Å². The zero-order chi connectivity index (χ0) is 12.8. The van der Waals surface area contributed by atoms with Crippen LogP contribution < -0.4 is 5.32 Å². The summed E-state index contributed by atoms with van der Waals surface area (Å²) in [4.78, 5) is 0. The van der Waals surface area contributed by atoms with Crippen LogP contribution >= 0.6 is 0 Å². The first-order chi connectivity index (χ1) is 8.78. The number of hydrogen-bond donors (Lipinski definition) is 3. The van der Waals surface area contributed by atoms with Crippen LogP contribution in [0.1, 0.15) is 12.1 Å². The van der Waals surface area contributed by atoms with Gasteiger partial charge >= 0.3 is 0 Å². The summed E-state index contributed by atoms with van der Waals surface area (Å²) in [6, 6.07) is 6.91. The Morgan fingerprint density at radius 1 is 1.33 bits per heavy atom. The summed E-state index contributed by atoms with van der Waals surface area (Å²) in [7, 11) is 0. The van der Waals surface area contributed by atoms with Gasteiger partial charge in [-0.15, -0.1) is 5.10 Å². The minimum atomic E-state index is 0.150. The Bertz CT molecular complexity index is 498. The standard InChI is InChI=1S/C12H16N4O2/c17-6-2-5-16-9-11(14-15-16)8-13-10-3-1-4-12(18)7-10/h1,3-4,7,9,13,17-18H,2,5-6,8H2. The van der Waals surface area contributed by atoms with Crippen molar-refractivity contribution >= 4 is 5.69 Å². The number of aryl methyl sites for hydroxylation is 1. The summed E-state index contributed by atoms with van der Waals surface area (Å²) in [5.41, 5.74) is 1.65. The molecule has 1 heterocycles. The lowest BCUT2D eigenvalue weighted by Gasteiger charge is -2.03. The molecular formula is C12H16N4O2. The molecule has 96 valence electrons. The molecular weight excluding hydrogens is 232 g/mol. The van der Waals surface area contributed by atoms with Gasteiger partial charge in [0.25, 0.3) is 0 Å². The molecule has 0 aliphatic carbocycles. The van der Waals surface area contributed by atoms with E-state index in [1.165, 1.54) is 0 Å². The number of anilines is 1. The van der Waals surface area contributed by atoms with Crippen molar-refractivity contribution in [3.8, 4) is 5.75 Å². The molecule has 0 fully saturated rings. The number of hydrogen-bond acceptors (Lipinski definition) is 5. The van der Waals surface area contributed by atoms with Crippen molar-refractivity contribution in [1.82, 2.24) is 15.0 Å². The van der Waals surface area contributed by atoms with Crippen molar-refractivity contribution in [2.24, 2.45) is 0 Å². The minimum Gasteiger partial charge on any atom is -0.508 e. The van der Waals surface area contributed by atoms with E-state index in [1.54, 1.807) is 22.9 Å². The van der Waals surface area contributed by atoms with Crippen LogP contribution in [-0.2, 0) is 13.1 Å². The number of benzene rings is 1. The SMILES string of the molecule is OCCCn1cc(CNc2cccc(O)c2)nn1. The van der Waals surface area contributed by atoms with Crippen molar-refractivity contribution in [3.63, 3.8) is 0 Å². The normalized spacial score (nSPS) is 10.5. The summed E-state index contributed by atoms with van der Waals surface area (Å²) in [5.74, 6) is 0.228. The molecule has 0 radical (unpaired) electrons. The van der Waals surface area contributed by atoms with E-state index in [1.807, 2.05) is 12.3 Å². The number of phenolic OH excluding ortho intramolecular Hbond substituents is 1. The maximum atomic E-state index is 9.32. The first kappa shape index (κ1) is 12.4. The van der Waals surface area contributed by atoms with Crippen molar-refractivity contribution in [2.75, 3.05) is 11.9 Å². The summed E-state index contributed by atoms with van der Waals surface area (Å²) in [5, 5.41) is 29.1. The highest BCUT2D eigenvalue weighted by atomic mass is 16.3. The lowest BCUT2D eigenvalue weighted by Crippen LogP contribution is -2.01. The molecule has 2 rings (SSSR count). The number of aromatic nitrogens is 3. The monoisotopic (exact) mass is 248 g/mol. The van der Waals surface area contributed by atoms with Crippen LogP contribution in [0.15, 0.2) is 30.5 Å². The van der Waals surface area contributed by atoms with E-state index in [2.05, 4.69) is 15.6 Å². The number of nitrogens with zero attached hydrogens (tertiary/aromatic N) is 3. The molecule has 18 heavy (non-hydrogen) atoms. The van der Waals surface area contributed by atoms with Crippen molar-refractivity contribution in [1.29, 1.82) is 0 Å². The highest BCUT2D eigenvalue weighted by molar-refractivity contribution is 5.47. The average Bonchev–Trinajstić information content (AvgIpc) is 2.82. The van der Waals surface area contributed by atoms with Crippen molar-refractivity contribution < 1.29 is 10.2 Å². The molecule has 0 amide bonds. The zero-order valence-electron chi connectivity index (χ0n) is 9.95. The maximum Gasteiger partial charge on any atom is 0.117 e. The van der Waals surface area contributed by atoms with E-state index in [0.29, 0.717) is 19.5 Å². The third-order valence-corrected chi connectivity index (χ3v) is 2.45. The van der Waals surface area contributed by atoms with E-state index in [-0.39, 0.29) is 12.4 Å². The van der Waals surface area contributed by atoms with Gasteiger partial charge in [-0.3, -0.25) is 4.68 Å². The molecule has 0 bridgehead atoms. The van der Waals surface area contributed by atoms with Crippen LogP contribution in [0.2, 0.25) is 0 Å². The Balaban J connectivity index is 1.88. The fourth-order valence-electron chi connectivity index (χ4n) is 1.57. The van der Waals surface area contributed by atoms with E-state index in [0.717, 1.165) is 11.4 Å². The number of nitrogens with one attached hydrogen (secondary N) is 1. The molecule has 3 N–H and O–H groups in total. The fraction of sp³-hybridized carbons (Fsp3) is 0.333. The fourth-order valence-corrected chi connectivity index (χ4v) is 1.57. The van der Waals surface area contributed by atoms with E-state index < -0.39 is 0 Å². The summed E-state index contributed by atoms with van der Waals surface area (Å²) >= 11 is 0. The molecule has 2 aromatic rings. The van der Waals surface area contributed by atoms with Gasteiger partial charge in [0.05, 0.1) is 12.7 Å². The average molecular weight is 248 g/mol. The van der Waals surface area contributed by atoms with Crippen LogP contribution in [0.3, 0.4) is 0 Å². The Morgan fingerprint density at radius 3 is 3.00 bits per heavy atom. The predicted molar refractivity (Wildman–Crippen MR) is 67.2 cm³/mol. The highest BCUT2D eigenvalue weighted by Gasteiger charge is 2.01. The lowest BCUT2D eigenvalue weighted by molar-refractivity contribution is 0.276. The largest absolute Gasteiger partial charge is 0.508 e. The second-order valence-electron chi connectivity index (χ2n) is 3.95. The number of phenols is 1. The smallest absolute Gasteiger partial charge is 0.117 e. The van der Waals surface area contributed by atoms with E-state index >= 15 is 0 Å². The van der Waals surface area contributed by atoms with Gasteiger partial charge in [-0.25, -0.2) is 0 Å². The van der Waals surface area contributed by atoms with Crippen LogP contribution in [0.4, 0.5) is 5.69 Å². The molecule has 0 unspecified atom stereocenters. The molecule has 6 heteroatoms. The van der Waals surface area contributed by atoms with Gasteiger partial charge in [0.1, 0.15) is 11.4 Å². The number of aliphatic hydroxyl groups is 1. The topological polar surface area (TPSA) is 83.2 Å². The minimum absolute atomic E-state index is 0.150. The highest BCUT2D eigenvalue weighted by Crippen LogP contribution is 2.15. The van der Waals surface area contributed by atoms with Gasteiger partial charge in [0, 0.05) is 24.9 Å². The summed E-state index contributed by atoms with van der Waals surface area (Å²) in [6.45, 7) is 1.36. The second-order valence-corrected chi connectivity index (χ2v) is 3.95. The quantitative estimate of drug-likeness (QED) is 0.709. The zero-order valence-corrected chi connectivity index (χ0v) is 9.95. The summed E-state index contributed by atoms with van der Waals surface area (Å²) in [6.07, 6.45) is 2.51. The molecule has 0 saturated carbocycles. The Labute approximate surface area is 105 Å². The molecule has 0 aliphatic rings. The van der Waals surface area contributed by atoms with Crippen LogP contribution in [0.5, 0.6) is 5.75 Å². The van der Waals surface area contributed by atoms with Crippen molar-refractivity contribution in [2.45, 2.75) is 19.5 Å². The van der Waals surface area contributed by atoms with Gasteiger partial charge in [-0.05, 0) is 18.6 Å². The Morgan fingerprint density at radius 2 is 2.22 bits per heavy atom. The van der Waals surface area contributed by atoms with Gasteiger partial charge in [0.2, 0.25) is 0 Å². The second kappa shape index (κ2) is 6.02. The van der Waals surface area contributed by atoms with Gasteiger partial charge in [0.15, 0.2) is 0 Å². The van der Waals surface area contributed by atoms with E-state index in [4.69, 9.17) is 5.11 Å². The lowest BCUT2D eigenvalue weighted by atomic mass is 10.3. The van der Waals surface area contributed by atoms with Gasteiger partial charge in [-0.1, -0.05) is 11.3 Å². The van der Waals surface area contributed by atoms with Gasteiger partial charge in [-0.2, -0.15) is 0 Å². The van der Waals surface area contributed by atoms with E-state index in [9.17, 15) is 5.11 Å². The Hall–Kier alpha value is -2.08. The molecule has 1 aromatic heterocycles. The first-order valence-electron chi connectivity index (χ1n) is 5.81. The number of rotatable bonds is 6. The van der Waals surface area contributed by atoms with Crippen LogP contribution in [0, 0.1) is 0 Å². The molecule has 0 saturated heterocycles. The number of aliphatic hydroxyl groups excluding tert-OH is 1. The third-order valence-electron chi connectivity index (χ3n) is 2.45. The number of aromatic hydroxyl groups is 1. The predicted octanol–water partition coefficient (Wildman–Crippen LogP) is 0.978. The molecule has 0 spiro atoms. The molecule has 6 nitrogen and oxygen atoms in total. The molecule has 0 aliphatic heterocycles. The third kappa shape index (κ3) is 3.46. The Kier molecular flexibility index (Phi) is 4.14. The molecule has 1 aromatic carbocycles. The maximum absolute atomic E-state index is 9.32. The summed E-state index contributed by atoms with van der Waals surface area (Å²) < 4.78 is 1.70. The first-order valence-corrected chi connectivity index (χ1v) is 5.81. The van der Waals surface area contributed by atoms with Crippen molar-refractivity contribution in [3.05, 3.63) is 36.2 Å². The molecule has 0 atom stereocenters. The van der Waals surface area contributed by atoms with Crippen LogP contribution in [-0.4, -0.2) is 31.8 Å². The van der Waals surface area contributed by atoms with Crippen LogP contribution in [0.25, 0.3) is 0 Å².